The zero-order chi connectivity index (χ0) is 9.84. The first-order valence-corrected chi connectivity index (χ1v) is 5.40. The van der Waals surface area contributed by atoms with Crippen molar-refractivity contribution in [2.24, 2.45) is 0 Å². The number of anilines is 1. The van der Waals surface area contributed by atoms with Crippen LogP contribution in [0.1, 0.15) is 5.56 Å². The topological polar surface area (TPSA) is 39.7 Å². The molecule has 4 N–H and O–H groups in total. The van der Waals surface area contributed by atoms with Crippen LogP contribution in [0.4, 0.5) is 5.69 Å². The minimum Gasteiger partial charge on any atom is -0.336 e. The average molecular weight is 234 g/mol. The summed E-state index contributed by atoms with van der Waals surface area (Å²) in [4.78, 5) is 0. The molecule has 0 saturated carbocycles. The molecule has 1 aromatic carbocycles. The quantitative estimate of drug-likeness (QED) is 0.577. The summed E-state index contributed by atoms with van der Waals surface area (Å²) in [6, 6.07) is 5.67. The van der Waals surface area contributed by atoms with Gasteiger partial charge in [0.25, 0.3) is 0 Å². The Morgan fingerprint density at radius 3 is 2.92 bits per heavy atom. The van der Waals surface area contributed by atoms with Gasteiger partial charge >= 0.3 is 0 Å². The molecule has 0 aliphatic carbocycles. The molecular weight excluding hydrogens is 224 g/mol. The van der Waals surface area contributed by atoms with Crippen molar-refractivity contribution in [2.45, 2.75) is 6.92 Å². The minimum atomic E-state index is 0.644. The SMILES string of the molecule is Cc1c(Cl)cccc1NC(=S)S[NH3+]. The molecule has 0 amide bonds. The van der Waals surface area contributed by atoms with Crippen molar-refractivity contribution in [3.63, 3.8) is 0 Å². The van der Waals surface area contributed by atoms with Crippen LogP contribution in [0.15, 0.2) is 18.2 Å². The number of halogens is 1. The van der Waals surface area contributed by atoms with Gasteiger partial charge in [-0.25, -0.2) is 0 Å². The molecule has 0 atom stereocenters. The van der Waals surface area contributed by atoms with Crippen LogP contribution in [0.5, 0.6) is 0 Å². The van der Waals surface area contributed by atoms with E-state index in [1.807, 2.05) is 25.1 Å². The summed E-state index contributed by atoms with van der Waals surface area (Å²) in [5.74, 6) is 0. The third kappa shape index (κ3) is 2.84. The van der Waals surface area contributed by atoms with Crippen molar-refractivity contribution in [1.82, 2.24) is 0 Å². The Kier molecular flexibility index (Phi) is 3.99. The van der Waals surface area contributed by atoms with Crippen molar-refractivity contribution in [1.29, 1.82) is 0 Å². The van der Waals surface area contributed by atoms with Gasteiger partial charge in [-0.05, 0) is 36.8 Å². The van der Waals surface area contributed by atoms with E-state index >= 15 is 0 Å². The van der Waals surface area contributed by atoms with E-state index in [1.165, 1.54) is 11.9 Å². The monoisotopic (exact) mass is 233 g/mol. The predicted octanol–water partition coefficient (Wildman–Crippen LogP) is 2.24. The first kappa shape index (κ1) is 10.8. The Bertz CT molecular complexity index is 328. The van der Waals surface area contributed by atoms with Gasteiger partial charge in [-0.3, -0.25) is 5.14 Å². The van der Waals surface area contributed by atoms with Gasteiger partial charge in [-0.15, -0.1) is 0 Å². The van der Waals surface area contributed by atoms with Gasteiger partial charge in [0.1, 0.15) is 11.9 Å². The maximum Gasteiger partial charge on any atom is 0.197 e. The van der Waals surface area contributed by atoms with Crippen LogP contribution in [0.3, 0.4) is 0 Å². The number of rotatable bonds is 1. The lowest BCUT2D eigenvalue weighted by molar-refractivity contribution is -0.133. The van der Waals surface area contributed by atoms with E-state index in [0.717, 1.165) is 16.3 Å². The molecule has 1 aromatic rings. The van der Waals surface area contributed by atoms with Crippen molar-refractivity contribution in [3.8, 4) is 0 Å². The lowest BCUT2D eigenvalue weighted by Crippen LogP contribution is -2.40. The lowest BCUT2D eigenvalue weighted by Gasteiger charge is -2.07. The maximum absolute atomic E-state index is 5.93. The molecule has 0 aliphatic heterocycles. The van der Waals surface area contributed by atoms with Gasteiger partial charge in [0, 0.05) is 10.7 Å². The smallest absolute Gasteiger partial charge is 0.197 e. The van der Waals surface area contributed by atoms with Crippen molar-refractivity contribution >= 4 is 45.8 Å². The Morgan fingerprint density at radius 2 is 2.31 bits per heavy atom. The Morgan fingerprint density at radius 1 is 1.62 bits per heavy atom. The lowest BCUT2D eigenvalue weighted by atomic mass is 10.2. The second kappa shape index (κ2) is 4.81. The highest BCUT2D eigenvalue weighted by atomic mass is 35.5. The Hall–Kier alpha value is -0.290. The van der Waals surface area contributed by atoms with E-state index in [4.69, 9.17) is 23.8 Å². The Balaban J connectivity index is 2.89. The number of nitrogens with one attached hydrogen (secondary N) is 1. The molecule has 2 nitrogen and oxygen atoms in total. The van der Waals surface area contributed by atoms with Gasteiger partial charge in [0.05, 0.1) is 0 Å². The molecule has 13 heavy (non-hydrogen) atoms. The fourth-order valence-electron chi connectivity index (χ4n) is 0.889. The molecule has 0 aromatic heterocycles. The van der Waals surface area contributed by atoms with E-state index in [-0.39, 0.29) is 0 Å². The molecule has 1 rings (SSSR count). The number of benzene rings is 1. The van der Waals surface area contributed by atoms with E-state index in [0.29, 0.717) is 4.32 Å². The predicted molar refractivity (Wildman–Crippen MR) is 62.9 cm³/mol. The van der Waals surface area contributed by atoms with Gasteiger partial charge in [0.15, 0.2) is 4.32 Å². The van der Waals surface area contributed by atoms with Crippen LogP contribution in [-0.2, 0) is 0 Å². The largest absolute Gasteiger partial charge is 0.336 e. The minimum absolute atomic E-state index is 0.644. The summed E-state index contributed by atoms with van der Waals surface area (Å²) in [6.45, 7) is 1.95. The van der Waals surface area contributed by atoms with E-state index in [2.05, 4.69) is 10.5 Å². The molecule has 0 aliphatic rings. The van der Waals surface area contributed by atoms with Crippen LogP contribution in [-0.4, -0.2) is 4.32 Å². The summed E-state index contributed by atoms with van der Waals surface area (Å²) in [7, 11) is 0. The Labute approximate surface area is 92.0 Å². The number of hydrogen-bond donors (Lipinski definition) is 2. The fourth-order valence-corrected chi connectivity index (χ4v) is 1.36. The second-order valence-corrected chi connectivity index (χ2v) is 4.24. The van der Waals surface area contributed by atoms with Crippen molar-refractivity contribution < 1.29 is 5.14 Å². The maximum atomic E-state index is 5.93. The van der Waals surface area contributed by atoms with Crippen LogP contribution in [0.2, 0.25) is 5.02 Å². The van der Waals surface area contributed by atoms with Gasteiger partial charge < -0.3 is 5.32 Å². The van der Waals surface area contributed by atoms with Gasteiger partial charge in [-0.2, -0.15) is 0 Å². The summed E-state index contributed by atoms with van der Waals surface area (Å²) >= 11 is 12.2. The van der Waals surface area contributed by atoms with Crippen LogP contribution < -0.4 is 10.5 Å². The standard InChI is InChI=1S/C8H9ClN2S2/c1-5-6(9)3-2-4-7(5)11-8(12)13-10/h2-4H,10H2,1H3,(H,11,12)/p+1. The van der Waals surface area contributed by atoms with Crippen LogP contribution >= 0.6 is 35.8 Å². The third-order valence-corrected chi connectivity index (χ3v) is 2.86. The normalized spacial score (nSPS) is 9.77. The molecule has 0 saturated heterocycles. The zero-order valence-electron chi connectivity index (χ0n) is 7.13. The second-order valence-electron chi connectivity index (χ2n) is 2.47. The first-order chi connectivity index (χ1) is 6.15. The molecule has 5 heteroatoms. The summed E-state index contributed by atoms with van der Waals surface area (Å²) < 4.78 is 0.644. The summed E-state index contributed by atoms with van der Waals surface area (Å²) in [5.41, 5.74) is 1.94. The van der Waals surface area contributed by atoms with E-state index in [9.17, 15) is 0 Å². The number of quaternary nitrogens is 1. The number of thiocarbonyl (C=S) groups is 1. The molecule has 0 unspecified atom stereocenters. The highest BCUT2D eigenvalue weighted by molar-refractivity contribution is 8.18. The van der Waals surface area contributed by atoms with Crippen LogP contribution in [0, 0.1) is 6.92 Å². The highest BCUT2D eigenvalue weighted by Crippen LogP contribution is 2.23. The number of hydrogen-bond acceptors (Lipinski definition) is 2. The highest BCUT2D eigenvalue weighted by Gasteiger charge is 2.04. The molecule has 0 heterocycles. The van der Waals surface area contributed by atoms with Crippen molar-refractivity contribution in [3.05, 3.63) is 28.8 Å². The first-order valence-electron chi connectivity index (χ1n) is 3.63. The van der Waals surface area contributed by atoms with E-state index in [1.54, 1.807) is 0 Å². The van der Waals surface area contributed by atoms with Crippen molar-refractivity contribution in [2.75, 3.05) is 5.32 Å². The molecule has 0 bridgehead atoms. The fraction of sp³-hybridized carbons (Fsp3) is 0.125. The zero-order valence-corrected chi connectivity index (χ0v) is 9.52. The average Bonchev–Trinajstić information content (AvgIpc) is 2.13. The van der Waals surface area contributed by atoms with Gasteiger partial charge in [-0.1, -0.05) is 17.7 Å². The molecule has 0 spiro atoms. The molecule has 70 valence electrons. The van der Waals surface area contributed by atoms with Gasteiger partial charge in [0.2, 0.25) is 0 Å². The van der Waals surface area contributed by atoms with E-state index < -0.39 is 0 Å². The third-order valence-electron chi connectivity index (χ3n) is 1.64. The molecular formula is C8H10ClN2S2+. The molecule has 0 radical (unpaired) electrons. The summed E-state index contributed by atoms with van der Waals surface area (Å²) in [5, 5.41) is 7.40. The molecule has 0 fully saturated rings. The summed E-state index contributed by atoms with van der Waals surface area (Å²) in [6.07, 6.45) is 0. The van der Waals surface area contributed by atoms with Crippen LogP contribution in [0.25, 0.3) is 0 Å².